The van der Waals surface area contributed by atoms with Crippen LogP contribution in [0.5, 0.6) is 0 Å². The van der Waals surface area contributed by atoms with Crippen molar-refractivity contribution in [3.05, 3.63) is 283 Å². The highest BCUT2D eigenvalue weighted by molar-refractivity contribution is 6.14. The van der Waals surface area contributed by atoms with Gasteiger partial charge in [-0.25, -0.2) is 0 Å². The van der Waals surface area contributed by atoms with Crippen LogP contribution < -0.4 is 4.90 Å². The van der Waals surface area contributed by atoms with Crippen molar-refractivity contribution in [1.29, 1.82) is 0 Å². The van der Waals surface area contributed by atoms with Crippen LogP contribution in [0.4, 0.5) is 17.1 Å². The summed E-state index contributed by atoms with van der Waals surface area (Å²) in [5.74, 6) is 0. The Bertz CT molecular complexity index is 4230. The molecule has 0 fully saturated rings. The summed E-state index contributed by atoms with van der Waals surface area (Å²) in [7, 11) is 0. The maximum atomic E-state index is 6.58. The van der Waals surface area contributed by atoms with Crippen molar-refractivity contribution in [3.8, 4) is 55.6 Å². The van der Waals surface area contributed by atoms with Gasteiger partial charge in [0.15, 0.2) is 0 Å². The number of nitrogens with zero attached hydrogens (tertiary/aromatic N) is 1. The number of furan rings is 1. The zero-order chi connectivity index (χ0) is 46.6. The van der Waals surface area contributed by atoms with Crippen molar-refractivity contribution in [2.24, 2.45) is 0 Å². The predicted molar refractivity (Wildman–Crippen MR) is 296 cm³/mol. The Morgan fingerprint density at radius 3 is 1.55 bits per heavy atom. The van der Waals surface area contributed by atoms with Crippen LogP contribution in [0.15, 0.2) is 265 Å². The summed E-state index contributed by atoms with van der Waals surface area (Å²) in [6.07, 6.45) is 0. The van der Waals surface area contributed by atoms with Gasteiger partial charge in [-0.3, -0.25) is 0 Å². The SMILES string of the molecule is c1ccc(-c2cccc3c2oc2ccc(-c4ccc(N(c5ccc(-c6cc7ccccc7c7ccccc67)cc5)c5cccc6c5-c5ccccc5C65c6ccccc6-c6ccccc65)cc4)cc23)cc1. The lowest BCUT2D eigenvalue weighted by Crippen LogP contribution is -2.26. The number of hydrogen-bond donors (Lipinski definition) is 0. The number of benzene rings is 12. The first-order chi connectivity index (χ1) is 35.2. The van der Waals surface area contributed by atoms with Crippen molar-refractivity contribution in [2.75, 3.05) is 4.90 Å². The van der Waals surface area contributed by atoms with E-state index < -0.39 is 5.41 Å². The molecular weight excluding hydrogens is 859 g/mol. The van der Waals surface area contributed by atoms with E-state index in [9.17, 15) is 0 Å². The lowest BCUT2D eigenvalue weighted by atomic mass is 9.70. The van der Waals surface area contributed by atoms with Gasteiger partial charge in [0.25, 0.3) is 0 Å². The zero-order valence-corrected chi connectivity index (χ0v) is 38.7. The van der Waals surface area contributed by atoms with Gasteiger partial charge in [0.1, 0.15) is 11.2 Å². The maximum Gasteiger partial charge on any atom is 0.143 e. The molecule has 0 atom stereocenters. The largest absolute Gasteiger partial charge is 0.455 e. The zero-order valence-electron chi connectivity index (χ0n) is 38.7. The first-order valence-corrected chi connectivity index (χ1v) is 24.6. The van der Waals surface area contributed by atoms with Gasteiger partial charge in [0.05, 0.1) is 11.1 Å². The standard InChI is InChI=1S/C69H43NO/c1-2-16-45(17-3-1)52-25-14-26-57-60-42-47(36-41-66(60)71-68(52)57)44-32-37-49(38-33-44)70(50-39-34-46(35-40-50)59-43-48-18-4-5-19-51(48)53-20-6-7-21-54(53)59)65-31-15-30-64-67(65)58-24-10-13-29-63(58)69(64)61-27-11-8-22-55(61)56-23-9-12-28-62(56)69/h1-43H. The van der Waals surface area contributed by atoms with Crippen molar-refractivity contribution < 1.29 is 4.42 Å². The third kappa shape index (κ3) is 5.77. The lowest BCUT2D eigenvalue weighted by Gasteiger charge is -2.32. The van der Waals surface area contributed by atoms with Gasteiger partial charge >= 0.3 is 0 Å². The van der Waals surface area contributed by atoms with Crippen LogP contribution in [0.25, 0.3) is 99.1 Å². The fourth-order valence-corrected chi connectivity index (χ4v) is 12.4. The van der Waals surface area contributed by atoms with E-state index >= 15 is 0 Å². The molecule has 0 radical (unpaired) electrons. The quantitative estimate of drug-likeness (QED) is 0.155. The van der Waals surface area contributed by atoms with Crippen molar-refractivity contribution in [3.63, 3.8) is 0 Å². The Morgan fingerprint density at radius 2 is 0.817 bits per heavy atom. The molecule has 2 nitrogen and oxygen atoms in total. The van der Waals surface area contributed by atoms with E-state index in [2.05, 4.69) is 266 Å². The molecule has 2 aliphatic rings. The molecule has 0 saturated heterocycles. The molecule has 0 amide bonds. The monoisotopic (exact) mass is 901 g/mol. The molecule has 12 aromatic carbocycles. The van der Waals surface area contributed by atoms with Crippen LogP contribution in [0.1, 0.15) is 22.3 Å². The van der Waals surface area contributed by atoms with E-state index in [-0.39, 0.29) is 0 Å². The average molecular weight is 902 g/mol. The van der Waals surface area contributed by atoms with Crippen molar-refractivity contribution in [2.45, 2.75) is 5.41 Å². The molecule has 1 heterocycles. The summed E-state index contributed by atoms with van der Waals surface area (Å²) in [5, 5.41) is 7.27. The molecule has 0 bridgehead atoms. The van der Waals surface area contributed by atoms with Gasteiger partial charge in [-0.2, -0.15) is 0 Å². The second-order valence-corrected chi connectivity index (χ2v) is 19.1. The normalized spacial score (nSPS) is 12.9. The van der Waals surface area contributed by atoms with E-state index in [1.54, 1.807) is 0 Å². The van der Waals surface area contributed by atoms with Gasteiger partial charge in [-0.05, 0) is 137 Å². The summed E-state index contributed by atoms with van der Waals surface area (Å²) in [4.78, 5) is 2.48. The molecule has 1 spiro atoms. The third-order valence-electron chi connectivity index (χ3n) is 15.5. The van der Waals surface area contributed by atoms with Crippen molar-refractivity contribution >= 4 is 60.5 Å². The highest BCUT2D eigenvalue weighted by Crippen LogP contribution is 2.64. The highest BCUT2D eigenvalue weighted by Gasteiger charge is 2.52. The second-order valence-electron chi connectivity index (χ2n) is 19.1. The van der Waals surface area contributed by atoms with Crippen LogP contribution in [-0.4, -0.2) is 0 Å². The summed E-state index contributed by atoms with van der Waals surface area (Å²) < 4.78 is 6.58. The summed E-state index contributed by atoms with van der Waals surface area (Å²) >= 11 is 0. The molecule has 15 rings (SSSR count). The molecule has 2 aliphatic carbocycles. The topological polar surface area (TPSA) is 16.4 Å². The molecule has 0 unspecified atom stereocenters. The molecule has 0 saturated carbocycles. The van der Waals surface area contributed by atoms with Crippen LogP contribution in [-0.2, 0) is 5.41 Å². The summed E-state index contributed by atoms with van der Waals surface area (Å²) in [6.45, 7) is 0. The predicted octanol–water partition coefficient (Wildman–Crippen LogP) is 18.7. The lowest BCUT2D eigenvalue weighted by molar-refractivity contribution is 0.670. The summed E-state index contributed by atoms with van der Waals surface area (Å²) in [6, 6.07) is 96.0. The minimum Gasteiger partial charge on any atom is -0.455 e. The molecule has 330 valence electrons. The summed E-state index contributed by atoms with van der Waals surface area (Å²) in [5.41, 5.74) is 22.1. The first-order valence-electron chi connectivity index (χ1n) is 24.6. The number of rotatable bonds is 6. The minimum absolute atomic E-state index is 0.455. The number of para-hydroxylation sites is 1. The van der Waals surface area contributed by atoms with E-state index in [4.69, 9.17) is 4.42 Å². The maximum absolute atomic E-state index is 6.58. The average Bonchev–Trinajstić information content (AvgIpc) is 4.08. The van der Waals surface area contributed by atoms with Crippen molar-refractivity contribution in [1.82, 2.24) is 0 Å². The molecular formula is C69H43NO. The van der Waals surface area contributed by atoms with Gasteiger partial charge in [-0.15, -0.1) is 0 Å². The highest BCUT2D eigenvalue weighted by atomic mass is 16.3. The van der Waals surface area contributed by atoms with Crippen LogP contribution >= 0.6 is 0 Å². The van der Waals surface area contributed by atoms with E-state index in [1.807, 2.05) is 0 Å². The van der Waals surface area contributed by atoms with Gasteiger partial charge in [-0.1, -0.05) is 212 Å². The molecule has 0 aliphatic heterocycles. The van der Waals surface area contributed by atoms with E-state index in [1.165, 1.54) is 77.2 Å². The third-order valence-corrected chi connectivity index (χ3v) is 15.5. The fraction of sp³-hybridized carbons (Fsp3) is 0.0145. The van der Waals surface area contributed by atoms with E-state index in [0.717, 1.165) is 61.3 Å². The minimum atomic E-state index is -0.455. The smallest absolute Gasteiger partial charge is 0.143 e. The molecule has 1 aromatic heterocycles. The molecule has 0 N–H and O–H groups in total. The van der Waals surface area contributed by atoms with Gasteiger partial charge in [0.2, 0.25) is 0 Å². The Labute approximate surface area is 412 Å². The van der Waals surface area contributed by atoms with Gasteiger partial charge in [0, 0.05) is 33.3 Å². The van der Waals surface area contributed by atoms with E-state index in [0.29, 0.717) is 0 Å². The molecule has 13 aromatic rings. The number of anilines is 3. The molecule has 71 heavy (non-hydrogen) atoms. The fourth-order valence-electron chi connectivity index (χ4n) is 12.4. The number of hydrogen-bond acceptors (Lipinski definition) is 2. The molecule has 2 heteroatoms. The Hall–Kier alpha value is -9.24. The van der Waals surface area contributed by atoms with Crippen LogP contribution in [0.3, 0.4) is 0 Å². The van der Waals surface area contributed by atoms with Crippen LogP contribution in [0.2, 0.25) is 0 Å². The Balaban J connectivity index is 0.907. The van der Waals surface area contributed by atoms with Gasteiger partial charge < -0.3 is 9.32 Å². The second kappa shape index (κ2) is 15.4. The Kier molecular flexibility index (Phi) is 8.61. The number of fused-ring (bicyclic) bond motifs is 16. The first kappa shape index (κ1) is 39.7. The van der Waals surface area contributed by atoms with Crippen LogP contribution in [0, 0.1) is 0 Å². The Morgan fingerprint density at radius 1 is 0.296 bits per heavy atom.